The molecule has 0 bridgehead atoms. The third-order valence-electron chi connectivity index (χ3n) is 5.80. The second-order valence-corrected chi connectivity index (χ2v) is 7.56. The first-order chi connectivity index (χ1) is 12.1. The zero-order chi connectivity index (χ0) is 17.8. The molecular weight excluding hydrogens is 375 g/mol. The Labute approximate surface area is 166 Å². The van der Waals surface area contributed by atoms with Gasteiger partial charge in [-0.2, -0.15) is 0 Å². The van der Waals surface area contributed by atoms with Crippen molar-refractivity contribution in [3.05, 3.63) is 34.9 Å². The van der Waals surface area contributed by atoms with Gasteiger partial charge in [-0.25, -0.2) is 0 Å². The molecule has 5 nitrogen and oxygen atoms in total. The molecule has 0 saturated carbocycles. The molecule has 2 aliphatic heterocycles. The molecule has 26 heavy (non-hydrogen) atoms. The highest BCUT2D eigenvalue weighted by atomic mass is 35.5. The van der Waals surface area contributed by atoms with Crippen molar-refractivity contribution in [1.82, 2.24) is 5.32 Å². The fourth-order valence-electron chi connectivity index (χ4n) is 3.92. The maximum atomic E-state index is 12.9. The van der Waals surface area contributed by atoms with Crippen LogP contribution in [0.15, 0.2) is 24.3 Å². The monoisotopic (exact) mass is 402 g/mol. The van der Waals surface area contributed by atoms with E-state index in [0.29, 0.717) is 52.4 Å². The van der Waals surface area contributed by atoms with Crippen LogP contribution in [0.25, 0.3) is 0 Å². The second kappa shape index (κ2) is 9.38. The van der Waals surface area contributed by atoms with Crippen LogP contribution in [0, 0.1) is 5.41 Å². The Bertz CT molecular complexity index is 600. The van der Waals surface area contributed by atoms with Crippen molar-refractivity contribution in [2.24, 2.45) is 11.1 Å². The minimum absolute atomic E-state index is 0. The van der Waals surface area contributed by atoms with Gasteiger partial charge in [-0.15, -0.1) is 12.4 Å². The van der Waals surface area contributed by atoms with Gasteiger partial charge in [0.25, 0.3) is 0 Å². The number of ether oxygens (including phenoxy) is 2. The summed E-state index contributed by atoms with van der Waals surface area (Å²) in [6.07, 6.45) is 3.04. The highest BCUT2D eigenvalue weighted by Gasteiger charge is 2.41. The minimum atomic E-state index is -0.509. The SMILES string of the molecule is Cl.NCC1(C(=O)NCC2(c3ccccc3Cl)CCOCC2)CCOCC1. The number of hydrogen-bond acceptors (Lipinski definition) is 4. The number of nitrogens with two attached hydrogens (primary N) is 1. The second-order valence-electron chi connectivity index (χ2n) is 7.15. The fraction of sp³-hybridized carbons (Fsp3) is 0.632. The van der Waals surface area contributed by atoms with Gasteiger partial charge in [0.15, 0.2) is 0 Å². The van der Waals surface area contributed by atoms with Crippen molar-refractivity contribution in [3.8, 4) is 0 Å². The maximum absolute atomic E-state index is 12.9. The lowest BCUT2D eigenvalue weighted by molar-refractivity contribution is -0.136. The molecule has 2 fully saturated rings. The largest absolute Gasteiger partial charge is 0.381 e. The van der Waals surface area contributed by atoms with Crippen LogP contribution in [0.2, 0.25) is 5.02 Å². The molecule has 0 aromatic heterocycles. The third kappa shape index (κ3) is 4.34. The molecule has 0 radical (unpaired) electrons. The van der Waals surface area contributed by atoms with Crippen LogP contribution in [0.4, 0.5) is 0 Å². The highest BCUT2D eigenvalue weighted by Crippen LogP contribution is 2.38. The van der Waals surface area contributed by atoms with Crippen LogP contribution in [0.3, 0.4) is 0 Å². The van der Waals surface area contributed by atoms with Gasteiger partial charge in [0.05, 0.1) is 5.41 Å². The zero-order valence-electron chi connectivity index (χ0n) is 15.0. The number of carbonyl (C=O) groups is 1. The molecule has 3 N–H and O–H groups in total. The summed E-state index contributed by atoms with van der Waals surface area (Å²) < 4.78 is 11.0. The lowest BCUT2D eigenvalue weighted by Gasteiger charge is -2.40. The number of benzene rings is 1. The van der Waals surface area contributed by atoms with Gasteiger partial charge < -0.3 is 20.5 Å². The number of hydrogen-bond donors (Lipinski definition) is 2. The van der Waals surface area contributed by atoms with E-state index in [9.17, 15) is 4.79 Å². The molecule has 0 unspecified atom stereocenters. The first kappa shape index (κ1) is 21.5. The van der Waals surface area contributed by atoms with E-state index in [1.165, 1.54) is 0 Å². The normalized spacial score (nSPS) is 21.5. The van der Waals surface area contributed by atoms with Crippen molar-refractivity contribution >= 4 is 29.9 Å². The summed E-state index contributed by atoms with van der Waals surface area (Å²) in [5.74, 6) is 0.0382. The molecular formula is C19H28Cl2N2O3. The summed E-state index contributed by atoms with van der Waals surface area (Å²) in [6.45, 7) is 3.45. The van der Waals surface area contributed by atoms with Gasteiger partial charge in [0.1, 0.15) is 0 Å². The van der Waals surface area contributed by atoms with Gasteiger partial charge in [0.2, 0.25) is 5.91 Å². The molecule has 3 rings (SSSR count). The van der Waals surface area contributed by atoms with Gasteiger partial charge >= 0.3 is 0 Å². The first-order valence-corrected chi connectivity index (χ1v) is 9.39. The molecule has 0 aliphatic carbocycles. The number of halogens is 2. The summed E-state index contributed by atoms with van der Waals surface area (Å²) in [5, 5.41) is 3.94. The van der Waals surface area contributed by atoms with E-state index in [0.717, 1.165) is 23.4 Å². The first-order valence-electron chi connectivity index (χ1n) is 9.01. The Morgan fingerprint density at radius 1 is 1.08 bits per heavy atom. The average molecular weight is 403 g/mol. The van der Waals surface area contributed by atoms with Crippen molar-refractivity contribution in [1.29, 1.82) is 0 Å². The van der Waals surface area contributed by atoms with Gasteiger partial charge in [-0.05, 0) is 37.3 Å². The molecule has 146 valence electrons. The Morgan fingerprint density at radius 2 is 1.65 bits per heavy atom. The van der Waals surface area contributed by atoms with E-state index in [1.54, 1.807) is 0 Å². The number of carbonyl (C=O) groups excluding carboxylic acids is 1. The van der Waals surface area contributed by atoms with E-state index in [-0.39, 0.29) is 23.7 Å². The molecule has 1 amide bonds. The Morgan fingerprint density at radius 3 is 2.23 bits per heavy atom. The van der Waals surface area contributed by atoms with E-state index < -0.39 is 5.41 Å². The molecule has 1 aromatic carbocycles. The van der Waals surface area contributed by atoms with Crippen molar-refractivity contribution in [2.45, 2.75) is 31.1 Å². The van der Waals surface area contributed by atoms with Crippen LogP contribution in [0.1, 0.15) is 31.2 Å². The lowest BCUT2D eigenvalue weighted by Crippen LogP contribution is -2.53. The number of amides is 1. The van der Waals surface area contributed by atoms with E-state index in [1.807, 2.05) is 18.2 Å². The molecule has 2 aliphatic rings. The summed E-state index contributed by atoms with van der Waals surface area (Å²) in [5.41, 5.74) is 6.35. The zero-order valence-corrected chi connectivity index (χ0v) is 16.5. The molecule has 1 aromatic rings. The van der Waals surface area contributed by atoms with E-state index in [2.05, 4.69) is 11.4 Å². The van der Waals surface area contributed by atoms with E-state index in [4.69, 9.17) is 26.8 Å². The molecule has 2 saturated heterocycles. The smallest absolute Gasteiger partial charge is 0.227 e. The Kier molecular flexibility index (Phi) is 7.74. The van der Waals surface area contributed by atoms with Gasteiger partial charge in [-0.1, -0.05) is 29.8 Å². The van der Waals surface area contributed by atoms with Crippen LogP contribution in [-0.2, 0) is 19.7 Å². The molecule has 7 heteroatoms. The predicted octanol–water partition coefficient (Wildman–Crippen LogP) is 2.68. The lowest BCUT2D eigenvalue weighted by atomic mass is 9.73. The minimum Gasteiger partial charge on any atom is -0.381 e. The average Bonchev–Trinajstić information content (AvgIpc) is 2.67. The van der Waals surface area contributed by atoms with Crippen LogP contribution in [0.5, 0.6) is 0 Å². The molecule has 0 atom stereocenters. The van der Waals surface area contributed by atoms with Crippen molar-refractivity contribution in [2.75, 3.05) is 39.5 Å². The Hall–Kier alpha value is -0.850. The van der Waals surface area contributed by atoms with Crippen molar-refractivity contribution in [3.63, 3.8) is 0 Å². The topological polar surface area (TPSA) is 73.6 Å². The number of rotatable bonds is 5. The van der Waals surface area contributed by atoms with Crippen LogP contribution in [-0.4, -0.2) is 45.4 Å². The quantitative estimate of drug-likeness (QED) is 0.793. The fourth-order valence-corrected chi connectivity index (χ4v) is 4.25. The van der Waals surface area contributed by atoms with Crippen LogP contribution < -0.4 is 11.1 Å². The summed E-state index contributed by atoms with van der Waals surface area (Å²) >= 11 is 6.48. The van der Waals surface area contributed by atoms with Crippen molar-refractivity contribution < 1.29 is 14.3 Å². The summed E-state index contributed by atoms with van der Waals surface area (Å²) in [4.78, 5) is 12.9. The van der Waals surface area contributed by atoms with E-state index >= 15 is 0 Å². The maximum Gasteiger partial charge on any atom is 0.227 e. The highest BCUT2D eigenvalue weighted by molar-refractivity contribution is 6.31. The molecule has 0 spiro atoms. The van der Waals surface area contributed by atoms with Gasteiger partial charge in [0, 0.05) is 50.0 Å². The summed E-state index contributed by atoms with van der Waals surface area (Å²) in [6, 6.07) is 7.91. The third-order valence-corrected chi connectivity index (χ3v) is 6.13. The predicted molar refractivity (Wildman–Crippen MR) is 105 cm³/mol. The standard InChI is InChI=1S/C19H27ClN2O3.ClH/c20-16-4-2-1-3-15(16)19(7-11-25-12-8-19)14-22-17(23)18(13-21)5-9-24-10-6-18;/h1-4H,5-14,21H2,(H,22,23);1H. The Balaban J connectivity index is 0.00000243. The van der Waals surface area contributed by atoms with Crippen LogP contribution >= 0.6 is 24.0 Å². The number of nitrogens with one attached hydrogen (secondary N) is 1. The van der Waals surface area contributed by atoms with Gasteiger partial charge in [-0.3, -0.25) is 4.79 Å². The summed E-state index contributed by atoms with van der Waals surface area (Å²) in [7, 11) is 0. The molecule has 2 heterocycles.